The average molecular weight is 804 g/mol. The van der Waals surface area contributed by atoms with Crippen LogP contribution < -0.4 is 5.43 Å². The third-order valence-electron chi connectivity index (χ3n) is 6.78. The molecular formula is C39H37IrN3O4-2. The number of carbonyl (C=O) groups excluding carboxylic acids is 1. The molecule has 0 aliphatic heterocycles. The van der Waals surface area contributed by atoms with E-state index in [1.165, 1.54) is 12.3 Å². The van der Waals surface area contributed by atoms with Gasteiger partial charge in [-0.3, -0.25) is 14.6 Å². The predicted octanol–water partition coefficient (Wildman–Crippen LogP) is 8.84. The van der Waals surface area contributed by atoms with Crippen LogP contribution >= 0.6 is 0 Å². The number of fused-ring (bicyclic) bond motifs is 2. The molecule has 7 nitrogen and oxygen atoms in total. The smallest absolute Gasteiger partial charge is 0.183 e. The first-order chi connectivity index (χ1) is 21.9. The number of hydrogen-bond acceptors (Lipinski definition) is 7. The van der Waals surface area contributed by atoms with Gasteiger partial charge in [-0.15, -0.1) is 54.1 Å². The van der Waals surface area contributed by atoms with Crippen LogP contribution in [0, 0.1) is 23.0 Å². The van der Waals surface area contributed by atoms with Gasteiger partial charge in [0.2, 0.25) is 0 Å². The van der Waals surface area contributed by atoms with Gasteiger partial charge in [0.15, 0.2) is 11.2 Å². The normalized spacial score (nSPS) is 11.4. The zero-order valence-electron chi connectivity index (χ0n) is 27.2. The molecule has 0 amide bonds. The molecule has 1 radical (unpaired) electrons. The number of aromatic nitrogens is 3. The summed E-state index contributed by atoms with van der Waals surface area (Å²) in [6, 6.07) is 30.6. The number of carbonyl (C=O) groups is 1. The second kappa shape index (κ2) is 16.2. The molecule has 0 atom stereocenters. The number of aliphatic hydroxyl groups excluding tert-OH is 1. The van der Waals surface area contributed by atoms with Crippen molar-refractivity contribution in [1.82, 2.24) is 15.0 Å². The van der Waals surface area contributed by atoms with Crippen LogP contribution in [0.1, 0.15) is 41.5 Å². The summed E-state index contributed by atoms with van der Waals surface area (Å²) < 4.78 is 5.90. The second-order valence-electron chi connectivity index (χ2n) is 12.5. The van der Waals surface area contributed by atoms with E-state index in [4.69, 9.17) is 4.42 Å². The van der Waals surface area contributed by atoms with Crippen LogP contribution in [0.15, 0.2) is 125 Å². The van der Waals surface area contributed by atoms with E-state index in [-0.39, 0.29) is 42.5 Å². The number of pyridine rings is 3. The Morgan fingerprint density at radius 2 is 1.43 bits per heavy atom. The zero-order valence-corrected chi connectivity index (χ0v) is 29.6. The monoisotopic (exact) mass is 804 g/mol. The number of allylic oxidation sites excluding steroid dienone is 2. The van der Waals surface area contributed by atoms with E-state index in [1.54, 1.807) is 36.8 Å². The van der Waals surface area contributed by atoms with E-state index >= 15 is 0 Å². The van der Waals surface area contributed by atoms with E-state index < -0.39 is 5.41 Å². The molecule has 8 heteroatoms. The van der Waals surface area contributed by atoms with Crippen molar-refractivity contribution in [2.24, 2.45) is 10.8 Å². The van der Waals surface area contributed by atoms with Crippen LogP contribution in [0.4, 0.5) is 0 Å². The van der Waals surface area contributed by atoms with Gasteiger partial charge in [0, 0.05) is 61.8 Å². The second-order valence-corrected chi connectivity index (χ2v) is 12.5. The standard InChI is InChI=1S/C17H9N2O2.C11H8N.C11H20O2.Ir/c20-16-12-5-3-4-11(14-6-1-2-8-19-14)17(12)21-15-7-9-18-10-13(15)16;1-2-6-10(7-3-1)11-8-4-5-9-12-11;1-10(2,3)8(12)7-9(13)11(4,5)6;/h1-3,5-10H;1-6,8-9H;7,12H,1-6H3;/q2*-1;;/b;;8-7-;. The minimum absolute atomic E-state index is 0. The van der Waals surface area contributed by atoms with E-state index in [0.717, 1.165) is 17.0 Å². The van der Waals surface area contributed by atoms with Crippen molar-refractivity contribution in [1.29, 1.82) is 0 Å². The van der Waals surface area contributed by atoms with Gasteiger partial charge in [-0.05, 0) is 35.0 Å². The van der Waals surface area contributed by atoms with E-state index in [2.05, 4.69) is 27.1 Å². The predicted molar refractivity (Wildman–Crippen MR) is 183 cm³/mol. The largest absolute Gasteiger partial charge is 0.512 e. The molecule has 4 heterocycles. The Labute approximate surface area is 288 Å². The minimum Gasteiger partial charge on any atom is -0.512 e. The molecule has 0 spiro atoms. The first-order valence-electron chi connectivity index (χ1n) is 14.8. The molecule has 0 fully saturated rings. The molecule has 0 saturated carbocycles. The Balaban J connectivity index is 0.000000202. The molecule has 2 aromatic carbocycles. The molecule has 0 saturated heterocycles. The summed E-state index contributed by atoms with van der Waals surface area (Å²) in [6.07, 6.45) is 7.95. The van der Waals surface area contributed by atoms with Crippen molar-refractivity contribution in [2.75, 3.05) is 0 Å². The van der Waals surface area contributed by atoms with Gasteiger partial charge in [-0.25, -0.2) is 0 Å². The van der Waals surface area contributed by atoms with Gasteiger partial charge < -0.3 is 19.5 Å². The van der Waals surface area contributed by atoms with Crippen molar-refractivity contribution < 1.29 is 34.4 Å². The Hall–Kier alpha value is -4.78. The number of hydrogen-bond donors (Lipinski definition) is 1. The summed E-state index contributed by atoms with van der Waals surface area (Å²) in [5.41, 5.74) is 3.57. The topological polar surface area (TPSA) is 106 Å². The fourth-order valence-electron chi connectivity index (χ4n) is 4.00. The Morgan fingerprint density at radius 1 is 0.766 bits per heavy atom. The number of benzene rings is 2. The molecule has 243 valence electrons. The summed E-state index contributed by atoms with van der Waals surface area (Å²) in [5.74, 6) is 0.104. The molecular weight excluding hydrogens is 767 g/mol. The Bertz CT molecular complexity index is 1960. The summed E-state index contributed by atoms with van der Waals surface area (Å²) in [5, 5.41) is 10.5. The number of aliphatic hydroxyl groups is 1. The van der Waals surface area contributed by atoms with Gasteiger partial charge in [-0.1, -0.05) is 71.4 Å². The van der Waals surface area contributed by atoms with Crippen molar-refractivity contribution >= 4 is 27.7 Å². The van der Waals surface area contributed by atoms with Gasteiger partial charge in [-0.2, -0.15) is 0 Å². The molecule has 0 aliphatic carbocycles. The van der Waals surface area contributed by atoms with Crippen LogP contribution in [-0.4, -0.2) is 25.8 Å². The molecule has 1 N–H and O–H groups in total. The fraction of sp³-hybridized carbons (Fsp3) is 0.205. The van der Waals surface area contributed by atoms with E-state index in [1.807, 2.05) is 102 Å². The first kappa shape index (κ1) is 36.7. The average Bonchev–Trinajstić information content (AvgIpc) is 3.06. The molecule has 6 aromatic rings. The van der Waals surface area contributed by atoms with Crippen LogP contribution in [0.3, 0.4) is 0 Å². The quantitative estimate of drug-likeness (QED) is 0.0825. The number of rotatable bonds is 3. The van der Waals surface area contributed by atoms with Crippen molar-refractivity contribution in [3.8, 4) is 22.5 Å². The van der Waals surface area contributed by atoms with Crippen molar-refractivity contribution in [3.63, 3.8) is 0 Å². The van der Waals surface area contributed by atoms with E-state index in [0.29, 0.717) is 27.5 Å². The molecule has 47 heavy (non-hydrogen) atoms. The third-order valence-corrected chi connectivity index (χ3v) is 6.78. The van der Waals surface area contributed by atoms with Gasteiger partial charge in [0.25, 0.3) is 0 Å². The molecule has 4 aromatic heterocycles. The zero-order chi connectivity index (χ0) is 33.3. The third kappa shape index (κ3) is 9.85. The van der Waals surface area contributed by atoms with Crippen LogP contribution in [0.5, 0.6) is 0 Å². The minimum atomic E-state index is -0.417. The summed E-state index contributed by atoms with van der Waals surface area (Å²) in [7, 11) is 0. The summed E-state index contributed by atoms with van der Waals surface area (Å²) in [4.78, 5) is 36.5. The van der Waals surface area contributed by atoms with E-state index in [9.17, 15) is 14.7 Å². The van der Waals surface area contributed by atoms with Gasteiger partial charge >= 0.3 is 0 Å². The van der Waals surface area contributed by atoms with Gasteiger partial charge in [0.05, 0.1) is 11.0 Å². The SMILES string of the molecule is CC(C)(C)C(=O)/C=C(\O)C(C)(C)C.O=c1c2cnccc2oc2c(-c3ccccn3)[c-]ccc12.[Ir].[c-]1ccccc1-c1ccccn1. The maximum absolute atomic E-state index is 12.5. The maximum atomic E-state index is 12.5. The van der Waals surface area contributed by atoms with Crippen LogP contribution in [0.2, 0.25) is 0 Å². The Kier molecular flexibility index (Phi) is 12.6. The number of ketones is 1. The van der Waals surface area contributed by atoms with Crippen molar-refractivity contribution in [3.05, 3.63) is 138 Å². The maximum Gasteiger partial charge on any atom is 0.183 e. The molecule has 0 unspecified atom stereocenters. The molecule has 0 aliphatic rings. The summed E-state index contributed by atoms with van der Waals surface area (Å²) in [6.45, 7) is 11.1. The molecule has 0 bridgehead atoms. The van der Waals surface area contributed by atoms with Gasteiger partial charge in [0.1, 0.15) is 11.3 Å². The van der Waals surface area contributed by atoms with Crippen LogP contribution in [0.25, 0.3) is 44.5 Å². The van der Waals surface area contributed by atoms with Crippen molar-refractivity contribution in [2.45, 2.75) is 41.5 Å². The summed E-state index contributed by atoms with van der Waals surface area (Å²) >= 11 is 0. The van der Waals surface area contributed by atoms with Crippen LogP contribution in [-0.2, 0) is 24.9 Å². The first-order valence-corrected chi connectivity index (χ1v) is 14.8. The Morgan fingerprint density at radius 3 is 2.00 bits per heavy atom. The number of nitrogens with zero attached hydrogens (tertiary/aromatic N) is 3. The fourth-order valence-corrected chi connectivity index (χ4v) is 4.00. The molecule has 6 rings (SSSR count).